The van der Waals surface area contributed by atoms with E-state index in [1.165, 1.54) is 6.42 Å². The number of nitrogens with zero attached hydrogens (tertiary/aromatic N) is 4. The fourth-order valence-electron chi connectivity index (χ4n) is 8.95. The predicted molar refractivity (Wildman–Crippen MR) is 191 cm³/mol. The van der Waals surface area contributed by atoms with E-state index in [1.807, 2.05) is 48.5 Å². The highest BCUT2D eigenvalue weighted by atomic mass is 16.5. The quantitative estimate of drug-likeness (QED) is 0.167. The Kier molecular flexibility index (Phi) is 9.47. The number of benzene rings is 2. The minimum Gasteiger partial charge on any atom is -0.497 e. The summed E-state index contributed by atoms with van der Waals surface area (Å²) < 4.78 is 10.7. The van der Waals surface area contributed by atoms with Crippen LogP contribution >= 0.6 is 0 Å². The number of fused-ring (bicyclic) bond motifs is 8. The van der Waals surface area contributed by atoms with Crippen molar-refractivity contribution in [3.05, 3.63) is 97.4 Å². The van der Waals surface area contributed by atoms with Gasteiger partial charge in [-0.05, 0) is 117 Å². The molecule has 9 heteroatoms. The molecule has 258 valence electrons. The third-order valence-corrected chi connectivity index (χ3v) is 11.7. The van der Waals surface area contributed by atoms with Gasteiger partial charge in [0.1, 0.15) is 11.5 Å². The van der Waals surface area contributed by atoms with Crippen LogP contribution in [0, 0.1) is 23.7 Å². The van der Waals surface area contributed by atoms with Gasteiger partial charge in [-0.1, -0.05) is 12.2 Å². The first kappa shape index (κ1) is 33.6. The summed E-state index contributed by atoms with van der Waals surface area (Å²) in [6.07, 6.45) is 11.1. The Morgan fingerprint density at radius 1 is 0.796 bits per heavy atom. The van der Waals surface area contributed by atoms with Crippen molar-refractivity contribution in [2.24, 2.45) is 23.7 Å². The fourth-order valence-corrected chi connectivity index (χ4v) is 8.95. The maximum atomic E-state index is 11.2. The van der Waals surface area contributed by atoms with Crippen LogP contribution in [0.4, 0.5) is 0 Å². The van der Waals surface area contributed by atoms with Crippen LogP contribution in [0.15, 0.2) is 86.2 Å². The molecule has 2 aromatic carbocycles. The second-order valence-corrected chi connectivity index (χ2v) is 14.1. The maximum absolute atomic E-state index is 11.2. The molecule has 6 aliphatic rings. The second kappa shape index (κ2) is 13.8. The number of pyridine rings is 2. The topological polar surface area (TPSA) is 111 Å². The predicted octanol–water partition coefficient (Wildman–Crippen LogP) is 5.45. The van der Waals surface area contributed by atoms with E-state index in [-0.39, 0.29) is 12.1 Å². The minimum atomic E-state index is -1.93. The van der Waals surface area contributed by atoms with E-state index in [2.05, 4.69) is 39.0 Å². The van der Waals surface area contributed by atoms with Gasteiger partial charge in [0.05, 0.1) is 37.4 Å². The van der Waals surface area contributed by atoms with Gasteiger partial charge in [0.15, 0.2) is 0 Å². The first-order valence-electron chi connectivity index (χ1n) is 17.5. The van der Waals surface area contributed by atoms with Gasteiger partial charge in [0.2, 0.25) is 5.79 Å². The van der Waals surface area contributed by atoms with Crippen LogP contribution in [0.2, 0.25) is 0 Å². The van der Waals surface area contributed by atoms with E-state index in [0.29, 0.717) is 35.0 Å². The molecule has 0 aliphatic carbocycles. The molecular formula is C40H48N4O5. The molecular weight excluding hydrogens is 616 g/mol. The Morgan fingerprint density at radius 3 is 1.94 bits per heavy atom. The van der Waals surface area contributed by atoms with Crippen molar-refractivity contribution in [3.8, 4) is 11.5 Å². The molecule has 2 aromatic heterocycles. The highest BCUT2D eigenvalue weighted by Gasteiger charge is 2.49. The molecule has 0 spiro atoms. The van der Waals surface area contributed by atoms with Crippen LogP contribution in [0.25, 0.3) is 21.8 Å². The molecule has 0 saturated carbocycles. The second-order valence-electron chi connectivity index (χ2n) is 14.1. The third-order valence-electron chi connectivity index (χ3n) is 11.7. The Hall–Kier alpha value is -3.86. The molecule has 4 aromatic rings. The van der Waals surface area contributed by atoms with E-state index in [4.69, 9.17) is 9.47 Å². The number of piperidine rings is 6. The van der Waals surface area contributed by atoms with Crippen molar-refractivity contribution in [1.82, 2.24) is 19.8 Å². The maximum Gasteiger partial charge on any atom is 0.206 e. The van der Waals surface area contributed by atoms with Crippen molar-refractivity contribution in [2.75, 3.05) is 40.4 Å². The molecule has 6 aliphatic heterocycles. The highest BCUT2D eigenvalue weighted by Crippen LogP contribution is 2.45. The molecule has 9 atom stereocenters. The molecule has 4 bridgehead atoms. The first-order chi connectivity index (χ1) is 23.7. The Morgan fingerprint density at radius 2 is 1.37 bits per heavy atom. The van der Waals surface area contributed by atoms with Gasteiger partial charge in [0, 0.05) is 47.9 Å². The lowest BCUT2D eigenvalue weighted by atomic mass is 9.72. The first-order valence-corrected chi connectivity index (χ1v) is 17.5. The number of aromatic nitrogens is 2. The molecule has 6 saturated heterocycles. The summed E-state index contributed by atoms with van der Waals surface area (Å²) >= 11 is 0. The van der Waals surface area contributed by atoms with Crippen LogP contribution in [0.1, 0.15) is 42.9 Å². The number of rotatable bonds is 8. The molecule has 49 heavy (non-hydrogen) atoms. The summed E-state index contributed by atoms with van der Waals surface area (Å²) in [6.45, 7) is 11.7. The van der Waals surface area contributed by atoms with E-state index in [9.17, 15) is 15.3 Å². The standard InChI is InChI=1S/C20H24N2O3.C20H24N2O2/c1-3-13-12-22-9-7-14(13)10-19(22)20(23,24)17-6-8-21-18-5-4-15(25-2)11-16(17)18;1-3-13-12-22-9-7-14(13)10-19(22)20(23)16-6-8-21-18-5-4-15(24-2)11-17(16)18/h3-6,8,11,13-14,19,23-24H,1,7,9-10,12H2,2H3;3-6,8,11,13-14,19-20,23H,1,7,9-10,12H2,2H3/t;13?,14?,19?,20-/m.1/s1. The van der Waals surface area contributed by atoms with Crippen LogP contribution in [-0.2, 0) is 5.79 Å². The lowest BCUT2D eigenvalue weighted by molar-refractivity contribution is -0.237. The van der Waals surface area contributed by atoms with Crippen molar-refractivity contribution in [1.29, 1.82) is 0 Å². The average Bonchev–Trinajstić information content (AvgIpc) is 3.16. The summed E-state index contributed by atoms with van der Waals surface area (Å²) in [4.78, 5) is 13.4. The zero-order chi connectivity index (χ0) is 34.3. The number of hydrogen-bond donors (Lipinski definition) is 3. The van der Waals surface area contributed by atoms with Gasteiger partial charge < -0.3 is 24.8 Å². The smallest absolute Gasteiger partial charge is 0.206 e. The van der Waals surface area contributed by atoms with Crippen LogP contribution in [0.5, 0.6) is 11.5 Å². The lowest BCUT2D eigenvalue weighted by Crippen LogP contribution is -2.60. The van der Waals surface area contributed by atoms with Crippen LogP contribution < -0.4 is 9.47 Å². The number of aliphatic hydroxyl groups excluding tert-OH is 1. The van der Waals surface area contributed by atoms with Crippen LogP contribution in [0.3, 0.4) is 0 Å². The van der Waals surface area contributed by atoms with E-state index < -0.39 is 11.9 Å². The molecule has 10 rings (SSSR count). The zero-order valence-electron chi connectivity index (χ0n) is 28.5. The van der Waals surface area contributed by atoms with Gasteiger partial charge in [-0.25, -0.2) is 0 Å². The third kappa shape index (κ3) is 6.23. The number of methoxy groups -OCH3 is 2. The summed E-state index contributed by atoms with van der Waals surface area (Å²) in [7, 11) is 3.26. The van der Waals surface area contributed by atoms with E-state index in [0.717, 1.165) is 78.6 Å². The monoisotopic (exact) mass is 664 g/mol. The Labute approximate surface area is 288 Å². The number of aliphatic hydroxyl groups is 3. The van der Waals surface area contributed by atoms with Crippen molar-refractivity contribution >= 4 is 21.8 Å². The minimum absolute atomic E-state index is 0.178. The van der Waals surface area contributed by atoms with Gasteiger partial charge in [-0.2, -0.15) is 0 Å². The lowest BCUT2D eigenvalue weighted by Gasteiger charge is -2.52. The van der Waals surface area contributed by atoms with Crippen LogP contribution in [-0.4, -0.2) is 87.6 Å². The summed E-state index contributed by atoms with van der Waals surface area (Å²) in [5.41, 5.74) is 3.06. The zero-order valence-corrected chi connectivity index (χ0v) is 28.5. The summed E-state index contributed by atoms with van der Waals surface area (Å²) in [6, 6.07) is 14.8. The average molecular weight is 665 g/mol. The van der Waals surface area contributed by atoms with E-state index in [1.54, 1.807) is 32.7 Å². The largest absolute Gasteiger partial charge is 0.497 e. The van der Waals surface area contributed by atoms with Crippen molar-refractivity contribution < 1.29 is 24.8 Å². The Bertz CT molecular complexity index is 1830. The Balaban J connectivity index is 0.000000154. The van der Waals surface area contributed by atoms with Crippen molar-refractivity contribution in [2.45, 2.75) is 49.7 Å². The van der Waals surface area contributed by atoms with Crippen molar-refractivity contribution in [3.63, 3.8) is 0 Å². The van der Waals surface area contributed by atoms with Gasteiger partial charge >= 0.3 is 0 Å². The van der Waals surface area contributed by atoms with Gasteiger partial charge in [0.25, 0.3) is 0 Å². The molecule has 0 radical (unpaired) electrons. The van der Waals surface area contributed by atoms with E-state index >= 15 is 0 Å². The molecule has 8 unspecified atom stereocenters. The van der Waals surface area contributed by atoms with Gasteiger partial charge in [-0.3, -0.25) is 19.8 Å². The molecule has 6 fully saturated rings. The summed E-state index contributed by atoms with van der Waals surface area (Å²) in [5, 5.41) is 35.2. The fraction of sp³-hybridized carbons (Fsp3) is 0.450. The normalized spacial score (nSPS) is 29.6. The number of ether oxygens (including phenoxy) is 2. The summed E-state index contributed by atoms with van der Waals surface area (Å²) in [5.74, 6) is 1.66. The highest BCUT2D eigenvalue weighted by molar-refractivity contribution is 5.85. The molecule has 8 heterocycles. The van der Waals surface area contributed by atoms with Gasteiger partial charge in [-0.15, -0.1) is 13.2 Å². The number of hydrogen-bond acceptors (Lipinski definition) is 9. The molecule has 9 nitrogen and oxygen atoms in total. The molecule has 3 N–H and O–H groups in total. The SMILES string of the molecule is C=CC1CN2CCC1CC2C(O)(O)c1ccnc2ccc(OC)cc12.C=CC1CN2CCC1CC2[C@H](O)c1ccnc2ccc(OC)cc12. The molecule has 0 amide bonds.